The monoisotopic (exact) mass is 658 g/mol. The van der Waals surface area contributed by atoms with Crippen LogP contribution in [0.1, 0.15) is 36.0 Å². The summed E-state index contributed by atoms with van der Waals surface area (Å²) in [6, 6.07) is 9.01. The first-order valence-corrected chi connectivity index (χ1v) is 15.0. The Morgan fingerprint density at radius 1 is 1.23 bits per heavy atom. The summed E-state index contributed by atoms with van der Waals surface area (Å²) in [5.74, 6) is -1.67. The molecule has 2 aromatic carbocycles. The van der Waals surface area contributed by atoms with Crippen molar-refractivity contribution in [3.05, 3.63) is 76.2 Å². The number of rotatable bonds is 11. The predicted molar refractivity (Wildman–Crippen MR) is 153 cm³/mol. The number of aromatic nitrogens is 1. The Morgan fingerprint density at radius 3 is 2.68 bits per heavy atom. The molecule has 4 rings (SSSR count). The average Bonchev–Trinajstić information content (AvgIpc) is 2.98. The van der Waals surface area contributed by atoms with Crippen molar-refractivity contribution in [3.63, 3.8) is 0 Å². The lowest BCUT2D eigenvalue weighted by atomic mass is 10.1. The van der Waals surface area contributed by atoms with E-state index in [2.05, 4.69) is 9.72 Å². The highest BCUT2D eigenvalue weighted by molar-refractivity contribution is 7.93. The van der Waals surface area contributed by atoms with Gasteiger partial charge in [0, 0.05) is 31.2 Å². The van der Waals surface area contributed by atoms with E-state index in [0.29, 0.717) is 17.8 Å². The number of anilines is 1. The van der Waals surface area contributed by atoms with Gasteiger partial charge in [-0.15, -0.1) is 0 Å². The van der Waals surface area contributed by atoms with Gasteiger partial charge in [0.05, 0.1) is 36.5 Å². The van der Waals surface area contributed by atoms with Gasteiger partial charge in [-0.3, -0.25) is 9.10 Å². The molecule has 9 nitrogen and oxygen atoms in total. The van der Waals surface area contributed by atoms with Gasteiger partial charge in [0.2, 0.25) is 5.88 Å². The lowest BCUT2D eigenvalue weighted by molar-refractivity contribution is -0.141. The summed E-state index contributed by atoms with van der Waals surface area (Å²) in [5, 5.41) is 9.24. The number of halogens is 5. The molecule has 15 heteroatoms. The summed E-state index contributed by atoms with van der Waals surface area (Å²) in [6.45, 7) is -0.910. The van der Waals surface area contributed by atoms with Gasteiger partial charge in [-0.05, 0) is 48.4 Å². The van der Waals surface area contributed by atoms with Crippen LogP contribution < -0.4 is 13.8 Å². The predicted octanol–water partition coefficient (Wildman–Crippen LogP) is 5.73. The van der Waals surface area contributed by atoms with E-state index in [-0.39, 0.29) is 61.0 Å². The number of aliphatic hydroxyl groups is 1. The SMILES string of the molecule is COC(=O)CC[C@H]1CN(S(=O)(=O)c2cc(C(F)(F)F)cnc2OCCCO)c2cc(/C=C/c3c(F)cccc3Cl)ccc2O1. The number of fused-ring (bicyclic) bond motifs is 1. The van der Waals surface area contributed by atoms with Crippen LogP contribution in [-0.4, -0.2) is 57.4 Å². The van der Waals surface area contributed by atoms with E-state index in [1.165, 1.54) is 49.6 Å². The number of carbonyl (C=O) groups excluding carboxylic acids is 1. The molecular formula is C29H27ClF4N2O7S. The third-order valence-corrected chi connectivity index (χ3v) is 8.61. The van der Waals surface area contributed by atoms with Gasteiger partial charge >= 0.3 is 12.1 Å². The summed E-state index contributed by atoms with van der Waals surface area (Å²) in [7, 11) is -3.63. The summed E-state index contributed by atoms with van der Waals surface area (Å²) >= 11 is 6.10. The topological polar surface area (TPSA) is 115 Å². The second-order valence-electron chi connectivity index (χ2n) is 9.54. The van der Waals surface area contributed by atoms with Gasteiger partial charge in [0.1, 0.15) is 17.7 Å². The minimum Gasteiger partial charge on any atom is -0.486 e. The molecule has 1 atom stereocenters. The van der Waals surface area contributed by atoms with Crippen molar-refractivity contribution in [1.29, 1.82) is 0 Å². The molecule has 1 aliphatic heterocycles. The number of esters is 1. The number of hydrogen-bond acceptors (Lipinski definition) is 8. The van der Waals surface area contributed by atoms with Crippen LogP contribution in [0, 0.1) is 5.82 Å². The van der Waals surface area contributed by atoms with Crippen LogP contribution in [0.4, 0.5) is 23.2 Å². The largest absolute Gasteiger partial charge is 0.486 e. The first-order valence-electron chi connectivity index (χ1n) is 13.2. The van der Waals surface area contributed by atoms with Crippen LogP contribution >= 0.6 is 11.6 Å². The third-order valence-electron chi connectivity index (χ3n) is 6.51. The maximum atomic E-state index is 14.3. The lowest BCUT2D eigenvalue weighted by Gasteiger charge is -2.36. The van der Waals surface area contributed by atoms with E-state index in [4.69, 9.17) is 26.2 Å². The van der Waals surface area contributed by atoms with Crippen molar-refractivity contribution in [1.82, 2.24) is 4.98 Å². The number of nitrogens with zero attached hydrogens (tertiary/aromatic N) is 2. The minimum absolute atomic E-state index is 0.0279. The first kappa shape index (κ1) is 33.0. The minimum atomic E-state index is -4.92. The lowest BCUT2D eigenvalue weighted by Crippen LogP contribution is -2.44. The zero-order chi connectivity index (χ0) is 32.1. The molecule has 0 saturated carbocycles. The highest BCUT2D eigenvalue weighted by Gasteiger charge is 2.39. The van der Waals surface area contributed by atoms with E-state index in [1.54, 1.807) is 6.07 Å². The molecule has 1 aromatic heterocycles. The van der Waals surface area contributed by atoms with E-state index < -0.39 is 50.4 Å². The molecule has 0 saturated heterocycles. The van der Waals surface area contributed by atoms with Crippen molar-refractivity contribution >= 4 is 45.4 Å². The molecule has 0 amide bonds. The Kier molecular flexibility index (Phi) is 10.4. The van der Waals surface area contributed by atoms with Crippen LogP contribution in [0.5, 0.6) is 11.6 Å². The fourth-order valence-corrected chi connectivity index (χ4v) is 6.11. The number of methoxy groups -OCH3 is 1. The van der Waals surface area contributed by atoms with Crippen LogP contribution in [0.25, 0.3) is 12.2 Å². The number of alkyl halides is 3. The highest BCUT2D eigenvalue weighted by Crippen LogP contribution is 2.41. The van der Waals surface area contributed by atoms with E-state index in [0.717, 1.165) is 4.31 Å². The number of benzene rings is 2. The molecular weight excluding hydrogens is 632 g/mol. The molecule has 0 bridgehead atoms. The third kappa shape index (κ3) is 7.60. The van der Waals surface area contributed by atoms with E-state index in [9.17, 15) is 30.8 Å². The summed E-state index contributed by atoms with van der Waals surface area (Å²) in [6.07, 6.45) is -2.48. The summed E-state index contributed by atoms with van der Waals surface area (Å²) < 4.78 is 100. The average molecular weight is 659 g/mol. The Morgan fingerprint density at radius 2 is 2.00 bits per heavy atom. The van der Waals surface area contributed by atoms with Crippen LogP contribution in [0.2, 0.25) is 5.02 Å². The van der Waals surface area contributed by atoms with E-state index in [1.807, 2.05) is 0 Å². The van der Waals surface area contributed by atoms with Crippen molar-refractivity contribution < 1.29 is 50.1 Å². The Hall–Kier alpha value is -3.88. The van der Waals surface area contributed by atoms with Gasteiger partial charge in [0.25, 0.3) is 10.0 Å². The molecule has 0 unspecified atom stereocenters. The molecule has 0 aliphatic carbocycles. The van der Waals surface area contributed by atoms with Crippen LogP contribution in [0.15, 0.2) is 53.6 Å². The Labute approximate surface area is 255 Å². The van der Waals surface area contributed by atoms with Crippen LogP contribution in [0.3, 0.4) is 0 Å². The quantitative estimate of drug-likeness (QED) is 0.120. The first-order chi connectivity index (χ1) is 20.8. The number of hydrogen-bond donors (Lipinski definition) is 1. The normalized spacial score (nSPS) is 15.2. The Bertz CT molecular complexity index is 1630. The number of pyridine rings is 1. The zero-order valence-corrected chi connectivity index (χ0v) is 24.8. The number of ether oxygens (including phenoxy) is 3. The van der Waals surface area contributed by atoms with Gasteiger partial charge in [-0.1, -0.05) is 29.8 Å². The van der Waals surface area contributed by atoms with Gasteiger partial charge < -0.3 is 19.3 Å². The Balaban J connectivity index is 1.81. The van der Waals surface area contributed by atoms with Crippen LogP contribution in [-0.2, 0) is 25.7 Å². The second-order valence-corrected chi connectivity index (χ2v) is 11.8. The summed E-state index contributed by atoms with van der Waals surface area (Å²) in [4.78, 5) is 14.6. The standard InChI is InChI=1S/C29H27ClF4N2O7S/c1-41-27(38)11-8-20-17-36(44(39,40)26-15-19(29(32,33)34)16-35-28(26)42-13-3-12-37)24-14-18(7-10-25(24)43-20)6-9-21-22(30)4-2-5-23(21)31/h2,4-7,9-10,14-16,20,37H,3,8,11-13,17H2,1H3/b9-6+/t20-/m0/s1. The maximum absolute atomic E-state index is 14.3. The maximum Gasteiger partial charge on any atom is 0.417 e. The van der Waals surface area contributed by atoms with E-state index >= 15 is 0 Å². The second kappa shape index (κ2) is 13.8. The molecule has 0 fully saturated rings. The molecule has 0 spiro atoms. The zero-order valence-electron chi connectivity index (χ0n) is 23.2. The van der Waals surface area contributed by atoms with Gasteiger partial charge in [-0.2, -0.15) is 13.2 Å². The molecule has 2 heterocycles. The summed E-state index contributed by atoms with van der Waals surface area (Å²) in [5.41, 5.74) is -0.865. The van der Waals surface area contributed by atoms with Crippen molar-refractivity contribution in [2.75, 3.05) is 31.2 Å². The van der Waals surface area contributed by atoms with Gasteiger partial charge in [-0.25, -0.2) is 17.8 Å². The molecule has 3 aromatic rings. The molecule has 1 aliphatic rings. The number of sulfonamides is 1. The number of aliphatic hydroxyl groups excluding tert-OH is 1. The molecule has 236 valence electrons. The van der Waals surface area contributed by atoms with Crippen molar-refractivity contribution in [3.8, 4) is 11.6 Å². The van der Waals surface area contributed by atoms with Gasteiger partial charge in [0.15, 0.2) is 4.90 Å². The fourth-order valence-electron chi connectivity index (χ4n) is 4.27. The molecule has 44 heavy (non-hydrogen) atoms. The van der Waals surface area contributed by atoms with Crippen molar-refractivity contribution in [2.45, 2.75) is 36.4 Å². The smallest absolute Gasteiger partial charge is 0.417 e. The molecule has 1 N–H and O–H groups in total. The molecule has 0 radical (unpaired) electrons. The fraction of sp³-hybridized carbons (Fsp3) is 0.310. The highest BCUT2D eigenvalue weighted by atomic mass is 35.5. The number of carbonyl (C=O) groups is 1. The van der Waals surface area contributed by atoms with Crippen molar-refractivity contribution in [2.24, 2.45) is 0 Å².